The van der Waals surface area contributed by atoms with E-state index >= 15 is 0 Å². The highest BCUT2D eigenvalue weighted by atomic mass is 16.5. The quantitative estimate of drug-likeness (QED) is 0.272. The molecule has 0 spiro atoms. The first kappa shape index (κ1) is 28.9. The van der Waals surface area contributed by atoms with Crippen LogP contribution in [-0.4, -0.2) is 35.2 Å². The fourth-order valence-corrected chi connectivity index (χ4v) is 4.66. The van der Waals surface area contributed by atoms with Crippen LogP contribution >= 0.6 is 0 Å². The van der Waals surface area contributed by atoms with Gasteiger partial charge >= 0.3 is 5.69 Å². The maximum atomic E-state index is 13.9. The third-order valence-corrected chi connectivity index (χ3v) is 6.97. The lowest BCUT2D eigenvalue weighted by Gasteiger charge is -2.16. The van der Waals surface area contributed by atoms with Gasteiger partial charge < -0.3 is 20.1 Å². The van der Waals surface area contributed by atoms with Gasteiger partial charge in [-0.3, -0.25) is 19.0 Å². The maximum absolute atomic E-state index is 13.9. The summed E-state index contributed by atoms with van der Waals surface area (Å²) in [6.07, 6.45) is 0. The molecule has 0 aliphatic carbocycles. The van der Waals surface area contributed by atoms with Crippen molar-refractivity contribution >= 4 is 28.4 Å². The molecule has 1 heterocycles. The zero-order chi connectivity index (χ0) is 30.5. The second kappa shape index (κ2) is 12.5. The number of ether oxygens (including phenoxy) is 2. The zero-order valence-corrected chi connectivity index (χ0v) is 23.9. The molecule has 5 aromatic rings. The molecular formula is C33H30N4O6. The van der Waals surface area contributed by atoms with Crippen molar-refractivity contribution in [3.63, 3.8) is 0 Å². The molecule has 4 aromatic carbocycles. The molecule has 218 valence electrons. The second-order valence-corrected chi connectivity index (χ2v) is 9.89. The summed E-state index contributed by atoms with van der Waals surface area (Å²) in [6.45, 7) is 1.86. The predicted molar refractivity (Wildman–Crippen MR) is 164 cm³/mol. The van der Waals surface area contributed by atoms with Crippen LogP contribution in [0.5, 0.6) is 11.5 Å². The highest BCUT2D eigenvalue weighted by molar-refractivity contribution is 5.98. The van der Waals surface area contributed by atoms with E-state index in [-0.39, 0.29) is 22.4 Å². The van der Waals surface area contributed by atoms with Crippen molar-refractivity contribution in [3.05, 3.63) is 129 Å². The Kier molecular flexibility index (Phi) is 8.38. The van der Waals surface area contributed by atoms with E-state index < -0.39 is 23.7 Å². The molecule has 0 aliphatic rings. The molecular weight excluding hydrogens is 548 g/mol. The van der Waals surface area contributed by atoms with Gasteiger partial charge in [0, 0.05) is 23.9 Å². The molecule has 0 aliphatic heterocycles. The standard InChI is InChI=1S/C33H30N4O6/c1-21-7-9-22(10-8-21)19-34-31(39)23-11-16-28-29(17-23)36(20-30(38)35-24-5-4-6-27(18-24)43-3)33(41)37(32(28)40)25-12-14-26(42-2)15-13-25/h4-18H,19-20H2,1-3H3,(H,34,39)(H,35,38). The molecule has 2 amide bonds. The predicted octanol–water partition coefficient (Wildman–Crippen LogP) is 4.05. The summed E-state index contributed by atoms with van der Waals surface area (Å²) in [4.78, 5) is 53.8. The number of benzene rings is 4. The van der Waals surface area contributed by atoms with Gasteiger partial charge in [0.05, 0.1) is 30.8 Å². The van der Waals surface area contributed by atoms with Crippen molar-refractivity contribution < 1.29 is 19.1 Å². The monoisotopic (exact) mass is 578 g/mol. The third-order valence-electron chi connectivity index (χ3n) is 6.97. The molecule has 5 rings (SSSR count). The SMILES string of the molecule is COc1ccc(-n2c(=O)c3ccc(C(=O)NCc4ccc(C)cc4)cc3n(CC(=O)Nc3cccc(OC)c3)c2=O)cc1. The average molecular weight is 579 g/mol. The van der Waals surface area contributed by atoms with Crippen molar-refractivity contribution in [1.82, 2.24) is 14.5 Å². The van der Waals surface area contributed by atoms with Gasteiger partial charge in [0.25, 0.3) is 11.5 Å². The van der Waals surface area contributed by atoms with Gasteiger partial charge in [0.15, 0.2) is 0 Å². The Morgan fingerprint density at radius 2 is 1.53 bits per heavy atom. The summed E-state index contributed by atoms with van der Waals surface area (Å²) in [5, 5.41) is 5.80. The van der Waals surface area contributed by atoms with Crippen LogP contribution in [0.4, 0.5) is 5.69 Å². The van der Waals surface area contributed by atoms with Gasteiger partial charge in [0.2, 0.25) is 5.91 Å². The summed E-state index contributed by atoms with van der Waals surface area (Å²) in [7, 11) is 3.03. The van der Waals surface area contributed by atoms with Crippen LogP contribution in [0.2, 0.25) is 0 Å². The third kappa shape index (κ3) is 6.33. The van der Waals surface area contributed by atoms with Gasteiger partial charge in [-0.05, 0) is 67.1 Å². The number of fused-ring (bicyclic) bond motifs is 1. The second-order valence-electron chi connectivity index (χ2n) is 9.89. The Morgan fingerprint density at radius 3 is 2.23 bits per heavy atom. The molecule has 10 heteroatoms. The normalized spacial score (nSPS) is 10.8. The van der Waals surface area contributed by atoms with E-state index in [4.69, 9.17) is 9.47 Å². The van der Waals surface area contributed by atoms with Crippen molar-refractivity contribution in [1.29, 1.82) is 0 Å². The van der Waals surface area contributed by atoms with E-state index in [0.717, 1.165) is 15.7 Å². The largest absolute Gasteiger partial charge is 0.497 e. The number of aryl methyl sites for hydroxylation is 1. The van der Waals surface area contributed by atoms with E-state index in [2.05, 4.69) is 10.6 Å². The van der Waals surface area contributed by atoms with E-state index in [1.807, 2.05) is 31.2 Å². The Labute approximate surface area is 247 Å². The van der Waals surface area contributed by atoms with Crippen LogP contribution in [0.1, 0.15) is 21.5 Å². The van der Waals surface area contributed by atoms with Crippen molar-refractivity contribution in [2.75, 3.05) is 19.5 Å². The number of aromatic nitrogens is 2. The molecule has 43 heavy (non-hydrogen) atoms. The molecule has 1 aromatic heterocycles. The van der Waals surface area contributed by atoms with Crippen LogP contribution in [0.25, 0.3) is 16.6 Å². The van der Waals surface area contributed by atoms with Crippen LogP contribution in [0.3, 0.4) is 0 Å². The average Bonchev–Trinajstić information content (AvgIpc) is 3.02. The number of nitrogens with one attached hydrogen (secondary N) is 2. The molecule has 0 bridgehead atoms. The molecule has 0 fully saturated rings. The number of carbonyl (C=O) groups excluding carboxylic acids is 2. The van der Waals surface area contributed by atoms with E-state index in [0.29, 0.717) is 29.4 Å². The Hall–Kier alpha value is -5.64. The molecule has 0 radical (unpaired) electrons. The number of amides is 2. The zero-order valence-electron chi connectivity index (χ0n) is 23.9. The van der Waals surface area contributed by atoms with E-state index in [9.17, 15) is 19.2 Å². The number of nitrogens with zero attached hydrogens (tertiary/aromatic N) is 2. The molecule has 0 saturated carbocycles. The molecule has 0 atom stereocenters. The van der Waals surface area contributed by atoms with Crippen LogP contribution < -0.4 is 31.4 Å². The molecule has 0 unspecified atom stereocenters. The summed E-state index contributed by atoms with van der Waals surface area (Å²) in [5.74, 6) is 0.207. The first-order valence-electron chi connectivity index (χ1n) is 13.5. The minimum atomic E-state index is -0.735. The number of carbonyl (C=O) groups is 2. The number of rotatable bonds is 9. The first-order chi connectivity index (χ1) is 20.8. The fraction of sp³-hybridized carbons (Fsp3) is 0.152. The van der Waals surface area contributed by atoms with Crippen molar-refractivity contribution in [2.24, 2.45) is 0 Å². The lowest BCUT2D eigenvalue weighted by molar-refractivity contribution is -0.116. The molecule has 2 N–H and O–H groups in total. The van der Waals surface area contributed by atoms with Crippen molar-refractivity contribution in [2.45, 2.75) is 20.0 Å². The maximum Gasteiger partial charge on any atom is 0.336 e. The lowest BCUT2D eigenvalue weighted by atomic mass is 10.1. The van der Waals surface area contributed by atoms with Crippen molar-refractivity contribution in [3.8, 4) is 17.2 Å². The Morgan fingerprint density at radius 1 is 0.814 bits per heavy atom. The minimum Gasteiger partial charge on any atom is -0.497 e. The van der Waals surface area contributed by atoms with Crippen LogP contribution in [0, 0.1) is 6.92 Å². The summed E-state index contributed by atoms with van der Waals surface area (Å²) in [5.41, 5.74) is 1.89. The minimum absolute atomic E-state index is 0.156. The molecule has 0 saturated heterocycles. The smallest absolute Gasteiger partial charge is 0.336 e. The number of anilines is 1. The van der Waals surface area contributed by atoms with Gasteiger partial charge in [-0.1, -0.05) is 35.9 Å². The fourth-order valence-electron chi connectivity index (χ4n) is 4.66. The number of hydrogen-bond acceptors (Lipinski definition) is 6. The summed E-state index contributed by atoms with van der Waals surface area (Å²) >= 11 is 0. The summed E-state index contributed by atoms with van der Waals surface area (Å²) in [6, 6.07) is 25.5. The van der Waals surface area contributed by atoms with Gasteiger partial charge in [-0.15, -0.1) is 0 Å². The highest BCUT2D eigenvalue weighted by Gasteiger charge is 2.19. The highest BCUT2D eigenvalue weighted by Crippen LogP contribution is 2.18. The topological polar surface area (TPSA) is 121 Å². The van der Waals surface area contributed by atoms with Crippen LogP contribution in [0.15, 0.2) is 101 Å². The first-order valence-corrected chi connectivity index (χ1v) is 13.5. The van der Waals surface area contributed by atoms with Gasteiger partial charge in [0.1, 0.15) is 18.0 Å². The lowest BCUT2D eigenvalue weighted by Crippen LogP contribution is -2.41. The Balaban J connectivity index is 1.55. The molecule has 10 nitrogen and oxygen atoms in total. The van der Waals surface area contributed by atoms with E-state index in [1.54, 1.807) is 48.5 Å². The number of hydrogen-bond donors (Lipinski definition) is 2. The number of methoxy groups -OCH3 is 2. The van der Waals surface area contributed by atoms with Gasteiger partial charge in [-0.25, -0.2) is 9.36 Å². The van der Waals surface area contributed by atoms with Gasteiger partial charge in [-0.2, -0.15) is 0 Å². The van der Waals surface area contributed by atoms with Crippen LogP contribution in [-0.2, 0) is 17.9 Å². The summed E-state index contributed by atoms with van der Waals surface area (Å²) < 4.78 is 12.6. The Bertz CT molecular complexity index is 1930. The van der Waals surface area contributed by atoms with E-state index in [1.165, 1.54) is 37.0 Å².